The standard InChI is InChI=1S/C13H19N3O5/c1-9-6-10(21-16-9)7-14-12(19)15-8-13(11(17)18)2-4-20-5-3-13/h6H,2-5,7-8H2,1H3,(H,17,18)(H2,14,15,19). The molecule has 0 radical (unpaired) electrons. The van der Waals surface area contributed by atoms with E-state index in [0.717, 1.165) is 5.69 Å². The van der Waals surface area contributed by atoms with Crippen molar-refractivity contribution < 1.29 is 24.0 Å². The van der Waals surface area contributed by atoms with E-state index in [9.17, 15) is 14.7 Å². The number of nitrogens with zero attached hydrogens (tertiary/aromatic N) is 1. The van der Waals surface area contributed by atoms with E-state index in [1.54, 1.807) is 13.0 Å². The first-order valence-electron chi connectivity index (χ1n) is 6.77. The van der Waals surface area contributed by atoms with Gasteiger partial charge in [-0.25, -0.2) is 4.79 Å². The van der Waals surface area contributed by atoms with Crippen molar-refractivity contribution in [2.45, 2.75) is 26.3 Å². The van der Waals surface area contributed by atoms with Gasteiger partial charge in [0.1, 0.15) is 0 Å². The fraction of sp³-hybridized carbons (Fsp3) is 0.615. The van der Waals surface area contributed by atoms with Gasteiger partial charge in [0.2, 0.25) is 0 Å². The van der Waals surface area contributed by atoms with Gasteiger partial charge in [-0.3, -0.25) is 4.79 Å². The summed E-state index contributed by atoms with van der Waals surface area (Å²) in [6.45, 7) is 2.86. The Bertz CT molecular complexity index is 508. The van der Waals surface area contributed by atoms with Crippen LogP contribution in [0.3, 0.4) is 0 Å². The maximum absolute atomic E-state index is 11.7. The molecule has 2 rings (SSSR count). The lowest BCUT2D eigenvalue weighted by atomic mass is 9.80. The molecular weight excluding hydrogens is 278 g/mol. The molecule has 8 heteroatoms. The Hall–Kier alpha value is -2.09. The molecule has 0 saturated carbocycles. The molecule has 0 bridgehead atoms. The number of rotatable bonds is 5. The van der Waals surface area contributed by atoms with Crippen molar-refractivity contribution in [3.8, 4) is 0 Å². The summed E-state index contributed by atoms with van der Waals surface area (Å²) in [6.07, 6.45) is 0.786. The number of urea groups is 1. The minimum atomic E-state index is -0.946. The summed E-state index contributed by atoms with van der Waals surface area (Å²) in [7, 11) is 0. The zero-order valence-corrected chi connectivity index (χ0v) is 11.8. The van der Waals surface area contributed by atoms with Crippen LogP contribution in [0.25, 0.3) is 0 Å². The molecule has 1 aliphatic heterocycles. The van der Waals surface area contributed by atoms with Crippen LogP contribution in [0, 0.1) is 12.3 Å². The van der Waals surface area contributed by atoms with E-state index in [1.807, 2.05) is 0 Å². The third kappa shape index (κ3) is 3.94. The maximum Gasteiger partial charge on any atom is 0.315 e. The number of amides is 2. The van der Waals surface area contributed by atoms with E-state index in [1.165, 1.54) is 0 Å². The van der Waals surface area contributed by atoms with Gasteiger partial charge in [0.15, 0.2) is 5.76 Å². The maximum atomic E-state index is 11.7. The number of hydrogen-bond donors (Lipinski definition) is 3. The predicted octanol–water partition coefficient (Wildman–Crippen LogP) is 0.664. The monoisotopic (exact) mass is 297 g/mol. The molecule has 0 atom stereocenters. The van der Waals surface area contributed by atoms with Crippen LogP contribution in [-0.2, 0) is 16.1 Å². The molecular formula is C13H19N3O5. The molecule has 116 valence electrons. The van der Waals surface area contributed by atoms with E-state index in [0.29, 0.717) is 31.8 Å². The summed E-state index contributed by atoms with van der Waals surface area (Å²) in [5.41, 5.74) is -0.211. The highest BCUT2D eigenvalue weighted by Gasteiger charge is 2.40. The number of ether oxygens (including phenoxy) is 1. The van der Waals surface area contributed by atoms with Crippen molar-refractivity contribution in [3.05, 3.63) is 17.5 Å². The second-order valence-electron chi connectivity index (χ2n) is 5.17. The van der Waals surface area contributed by atoms with Gasteiger partial charge in [0, 0.05) is 25.8 Å². The van der Waals surface area contributed by atoms with Crippen LogP contribution in [0.2, 0.25) is 0 Å². The third-order valence-electron chi connectivity index (χ3n) is 3.59. The Balaban J connectivity index is 1.80. The largest absolute Gasteiger partial charge is 0.481 e. The molecule has 1 fully saturated rings. The van der Waals surface area contributed by atoms with Gasteiger partial charge in [-0.2, -0.15) is 0 Å². The average molecular weight is 297 g/mol. The third-order valence-corrected chi connectivity index (χ3v) is 3.59. The number of aliphatic carboxylic acids is 1. The second kappa shape index (κ2) is 6.57. The van der Waals surface area contributed by atoms with Crippen LogP contribution in [0.15, 0.2) is 10.6 Å². The van der Waals surface area contributed by atoms with Crippen molar-refractivity contribution >= 4 is 12.0 Å². The van der Waals surface area contributed by atoms with E-state index < -0.39 is 17.4 Å². The quantitative estimate of drug-likeness (QED) is 0.736. The molecule has 1 aromatic rings. The van der Waals surface area contributed by atoms with Gasteiger partial charge in [0.05, 0.1) is 17.7 Å². The lowest BCUT2D eigenvalue weighted by molar-refractivity contribution is -0.154. The van der Waals surface area contributed by atoms with Crippen molar-refractivity contribution in [2.75, 3.05) is 19.8 Å². The molecule has 0 aromatic carbocycles. The molecule has 1 aliphatic rings. The first-order valence-corrected chi connectivity index (χ1v) is 6.77. The van der Waals surface area contributed by atoms with Crippen LogP contribution in [0.5, 0.6) is 0 Å². The highest BCUT2D eigenvalue weighted by molar-refractivity contribution is 5.78. The first kappa shape index (κ1) is 15.3. The fourth-order valence-electron chi connectivity index (χ4n) is 2.21. The fourth-order valence-corrected chi connectivity index (χ4v) is 2.21. The molecule has 0 aliphatic carbocycles. The smallest absolute Gasteiger partial charge is 0.315 e. The second-order valence-corrected chi connectivity index (χ2v) is 5.17. The Labute approximate surface area is 121 Å². The van der Waals surface area contributed by atoms with E-state index >= 15 is 0 Å². The Morgan fingerprint density at radius 2 is 2.10 bits per heavy atom. The summed E-state index contributed by atoms with van der Waals surface area (Å²) in [4.78, 5) is 23.1. The van der Waals surface area contributed by atoms with Gasteiger partial charge in [-0.15, -0.1) is 0 Å². The molecule has 1 aromatic heterocycles. The molecule has 21 heavy (non-hydrogen) atoms. The number of hydrogen-bond acceptors (Lipinski definition) is 5. The SMILES string of the molecule is Cc1cc(CNC(=O)NCC2(C(=O)O)CCOCC2)on1. The van der Waals surface area contributed by atoms with Crippen LogP contribution in [0.4, 0.5) is 4.79 Å². The number of aromatic nitrogens is 1. The molecule has 2 heterocycles. The van der Waals surface area contributed by atoms with Gasteiger partial charge < -0.3 is 25.0 Å². The number of aryl methyl sites for hydroxylation is 1. The number of carbonyl (C=O) groups is 2. The van der Waals surface area contributed by atoms with Gasteiger partial charge in [-0.05, 0) is 19.8 Å². The van der Waals surface area contributed by atoms with Crippen molar-refractivity contribution in [1.82, 2.24) is 15.8 Å². The zero-order valence-electron chi connectivity index (χ0n) is 11.8. The molecule has 0 unspecified atom stereocenters. The highest BCUT2D eigenvalue weighted by Crippen LogP contribution is 2.29. The molecule has 8 nitrogen and oxygen atoms in total. The number of carbonyl (C=O) groups excluding carboxylic acids is 1. The van der Waals surface area contributed by atoms with Crippen molar-refractivity contribution in [2.24, 2.45) is 5.41 Å². The van der Waals surface area contributed by atoms with Gasteiger partial charge >= 0.3 is 12.0 Å². The number of carboxylic acids is 1. The minimum absolute atomic E-state index is 0.0763. The minimum Gasteiger partial charge on any atom is -0.481 e. The van der Waals surface area contributed by atoms with E-state index in [-0.39, 0.29) is 13.1 Å². The zero-order chi connectivity index (χ0) is 15.3. The molecule has 1 saturated heterocycles. The summed E-state index contributed by atoms with van der Waals surface area (Å²) < 4.78 is 10.1. The van der Waals surface area contributed by atoms with Crippen molar-refractivity contribution in [1.29, 1.82) is 0 Å². The summed E-state index contributed by atoms with van der Waals surface area (Å²) >= 11 is 0. The summed E-state index contributed by atoms with van der Waals surface area (Å²) in [5.74, 6) is -0.362. The highest BCUT2D eigenvalue weighted by atomic mass is 16.5. The topological polar surface area (TPSA) is 114 Å². The summed E-state index contributed by atoms with van der Waals surface area (Å²) in [5, 5.41) is 18.3. The Morgan fingerprint density at radius 3 is 2.67 bits per heavy atom. The van der Waals surface area contributed by atoms with Crippen molar-refractivity contribution in [3.63, 3.8) is 0 Å². The van der Waals surface area contributed by atoms with E-state index in [4.69, 9.17) is 9.26 Å². The average Bonchev–Trinajstić information content (AvgIpc) is 2.89. The Morgan fingerprint density at radius 1 is 1.38 bits per heavy atom. The lowest BCUT2D eigenvalue weighted by Crippen LogP contribution is -2.48. The van der Waals surface area contributed by atoms with Crippen LogP contribution < -0.4 is 10.6 Å². The lowest BCUT2D eigenvalue weighted by Gasteiger charge is -2.33. The molecule has 0 spiro atoms. The molecule has 3 N–H and O–H groups in total. The first-order chi connectivity index (χ1) is 10.0. The summed E-state index contributed by atoms with van der Waals surface area (Å²) in [6, 6.07) is 1.29. The number of carboxylic acid groups (broad SMARTS) is 1. The van der Waals surface area contributed by atoms with Crippen LogP contribution in [-0.4, -0.2) is 42.0 Å². The van der Waals surface area contributed by atoms with Crippen LogP contribution in [0.1, 0.15) is 24.3 Å². The van der Waals surface area contributed by atoms with Gasteiger partial charge in [0.25, 0.3) is 0 Å². The predicted molar refractivity (Wildman–Crippen MR) is 71.6 cm³/mol. The molecule has 2 amide bonds. The normalized spacial score (nSPS) is 17.2. The van der Waals surface area contributed by atoms with Crippen LogP contribution >= 0.6 is 0 Å². The van der Waals surface area contributed by atoms with Gasteiger partial charge in [-0.1, -0.05) is 5.16 Å². The number of nitrogens with one attached hydrogen (secondary N) is 2. The van der Waals surface area contributed by atoms with E-state index in [2.05, 4.69) is 15.8 Å². The Kier molecular flexibility index (Phi) is 4.79.